The van der Waals surface area contributed by atoms with Crippen LogP contribution in [-0.4, -0.2) is 62.6 Å². The summed E-state index contributed by atoms with van der Waals surface area (Å²) in [6.07, 6.45) is 2.56. The van der Waals surface area contributed by atoms with Crippen LogP contribution in [0.15, 0.2) is 162 Å². The molecule has 0 atom stereocenters. The largest absolute Gasteiger partial charge is 0.392 e. The Bertz CT molecular complexity index is 4860. The fourth-order valence-corrected chi connectivity index (χ4v) is 11.3. The normalized spacial score (nSPS) is 11.8. The number of nitrogens with one attached hydrogen (secondary N) is 4. The van der Waals surface area contributed by atoms with Crippen LogP contribution >= 0.6 is 45.2 Å². The summed E-state index contributed by atoms with van der Waals surface area (Å²) in [6, 6.07) is 35.5. The second-order valence-electron chi connectivity index (χ2n) is 21.4. The van der Waals surface area contributed by atoms with Crippen LogP contribution in [0.5, 0.6) is 0 Å². The van der Waals surface area contributed by atoms with E-state index in [2.05, 4.69) is 21.3 Å². The quantitative estimate of drug-likeness (QED) is 0.0556. The number of ether oxygens (including phenoxy) is 1. The molecule has 21 nitrogen and oxygen atoms in total. The molecule has 1 fully saturated rings. The summed E-state index contributed by atoms with van der Waals surface area (Å²) in [6.45, 7) is 7.21. The van der Waals surface area contributed by atoms with Gasteiger partial charge < -0.3 is 36.2 Å². The van der Waals surface area contributed by atoms with Crippen molar-refractivity contribution in [2.75, 3.05) is 34.5 Å². The second kappa shape index (κ2) is 28.8. The van der Waals surface area contributed by atoms with E-state index in [1.165, 1.54) is 85.7 Å². The summed E-state index contributed by atoms with van der Waals surface area (Å²) in [4.78, 5) is 107. The number of aromatic nitrogens is 6. The number of fused-ring (bicyclic) bond motifs is 2. The minimum Gasteiger partial charge on any atom is -0.392 e. The zero-order valence-electron chi connectivity index (χ0n) is 50.1. The second-order valence-corrected chi connectivity index (χ2v) is 23.9. The molecule has 4 aromatic heterocycles. The Kier molecular flexibility index (Phi) is 20.9. The predicted molar refractivity (Wildman–Crippen MR) is 364 cm³/mol. The Morgan fingerprint density at radius 1 is 0.549 bits per heavy atom. The molecule has 10 aromatic rings. The van der Waals surface area contributed by atoms with Crippen molar-refractivity contribution in [1.29, 1.82) is 0 Å². The summed E-state index contributed by atoms with van der Waals surface area (Å²) in [5.41, 5.74) is 0.643. The van der Waals surface area contributed by atoms with Gasteiger partial charge in [-0.2, -0.15) is 0 Å². The van der Waals surface area contributed by atoms with Crippen LogP contribution in [0, 0.1) is 32.6 Å². The van der Waals surface area contributed by atoms with Gasteiger partial charge in [0.05, 0.1) is 54.6 Å². The highest BCUT2D eigenvalue weighted by Crippen LogP contribution is 2.31. The Morgan fingerprint density at radius 2 is 1.04 bits per heavy atom. The predicted octanol–water partition coefficient (Wildman–Crippen LogP) is 9.09. The first-order valence-electron chi connectivity index (χ1n) is 28.4. The molecule has 0 radical (unpaired) electrons. The molecule has 5 heterocycles. The van der Waals surface area contributed by atoms with Gasteiger partial charge in [0.2, 0.25) is 11.8 Å². The molecule has 0 bridgehead atoms. The number of halogens is 4. The maximum atomic E-state index is 15.5. The minimum atomic E-state index is -0.832. The van der Waals surface area contributed by atoms with E-state index >= 15 is 4.39 Å². The van der Waals surface area contributed by atoms with E-state index in [-0.39, 0.29) is 94.1 Å². The molecule has 91 heavy (non-hydrogen) atoms. The monoisotopic (exact) mass is 1460 g/mol. The number of aliphatic hydroxyl groups excluding tert-OH is 2. The van der Waals surface area contributed by atoms with Crippen LogP contribution in [0.3, 0.4) is 0 Å². The van der Waals surface area contributed by atoms with Gasteiger partial charge >= 0.3 is 11.4 Å². The molecule has 0 spiro atoms. The molecule has 2 amide bonds. The molecular weight excluding hydrogens is 1400 g/mol. The number of carbonyl (C=O) groups excluding carboxylic acids is 2. The van der Waals surface area contributed by atoms with Crippen molar-refractivity contribution >= 4 is 113 Å². The number of aryl methyl sites for hydroxylation is 2. The van der Waals surface area contributed by atoms with Crippen molar-refractivity contribution in [3.63, 3.8) is 0 Å². The van der Waals surface area contributed by atoms with Gasteiger partial charge in [0.25, 0.3) is 22.2 Å². The Labute approximate surface area is 545 Å². The van der Waals surface area contributed by atoms with Gasteiger partial charge in [-0.25, -0.2) is 22.9 Å². The lowest BCUT2D eigenvalue weighted by Gasteiger charge is -2.21. The van der Waals surface area contributed by atoms with Crippen molar-refractivity contribution in [1.82, 2.24) is 27.4 Å². The number of hydrogen-bond acceptors (Lipinski definition) is 13. The fraction of sp³-hybridized carbons (Fsp3) is 0.212. The molecule has 0 aliphatic carbocycles. The molecule has 1 aliphatic heterocycles. The van der Waals surface area contributed by atoms with E-state index in [0.717, 1.165) is 26.9 Å². The van der Waals surface area contributed by atoms with Gasteiger partial charge in [-0.3, -0.25) is 51.6 Å². The van der Waals surface area contributed by atoms with Crippen molar-refractivity contribution in [3.05, 3.63) is 248 Å². The van der Waals surface area contributed by atoms with Crippen LogP contribution in [-0.2, 0) is 54.7 Å². The molecule has 6 aromatic carbocycles. The third-order valence-corrected chi connectivity index (χ3v) is 16.3. The SMILES string of the molecule is C1CCOC1.CC(=O)Nc1cccc(-n2c(=O)n(Cc3ccc(CO)cc3)c(=O)c3c(Nc4ccc(I)cc4F)n(C)c(=O)c(C)c32)c1.CC(=O)Nc1cccc(Nc2c(C)c(=O)n(C)c3c2c(=O)n(Cc2ccc(CO)cc2)c(=O)n3-c2ccc(I)cc2F)c1. The lowest BCUT2D eigenvalue weighted by Crippen LogP contribution is -2.42. The van der Waals surface area contributed by atoms with Gasteiger partial charge in [0, 0.05) is 76.5 Å². The highest BCUT2D eigenvalue weighted by atomic mass is 127. The Morgan fingerprint density at radius 3 is 1.57 bits per heavy atom. The molecule has 6 N–H and O–H groups in total. The lowest BCUT2D eigenvalue weighted by atomic mass is 10.1. The Balaban J connectivity index is 0.000000200. The van der Waals surface area contributed by atoms with E-state index in [9.17, 15) is 53.0 Å². The van der Waals surface area contributed by atoms with Crippen molar-refractivity contribution in [2.45, 2.75) is 66.8 Å². The first-order chi connectivity index (χ1) is 43.5. The Hall–Kier alpha value is -9.16. The number of pyridine rings is 2. The van der Waals surface area contributed by atoms with E-state index in [0.29, 0.717) is 52.1 Å². The molecule has 470 valence electrons. The summed E-state index contributed by atoms with van der Waals surface area (Å²) in [7, 11) is 2.89. The zero-order valence-corrected chi connectivity index (χ0v) is 54.4. The number of nitrogens with zero attached hydrogens (tertiary/aromatic N) is 6. The third-order valence-electron chi connectivity index (χ3n) is 14.9. The smallest absolute Gasteiger partial charge is 0.337 e. The summed E-state index contributed by atoms with van der Waals surface area (Å²) < 4.78 is 43.4. The van der Waals surface area contributed by atoms with E-state index in [1.54, 1.807) is 116 Å². The molecule has 1 aliphatic rings. The highest BCUT2D eigenvalue weighted by molar-refractivity contribution is 14.1. The zero-order chi connectivity index (χ0) is 65.5. The average molecular weight is 1460 g/mol. The van der Waals surface area contributed by atoms with Gasteiger partial charge in [-0.15, -0.1) is 0 Å². The molecule has 1 saturated heterocycles. The fourth-order valence-electron chi connectivity index (χ4n) is 10.4. The van der Waals surface area contributed by atoms with Gasteiger partial charge in [-0.1, -0.05) is 60.7 Å². The third kappa shape index (κ3) is 14.5. The van der Waals surface area contributed by atoms with Crippen LogP contribution < -0.4 is 54.9 Å². The number of carbonyl (C=O) groups is 2. The molecule has 11 rings (SSSR count). The van der Waals surface area contributed by atoms with E-state index < -0.39 is 45.3 Å². The maximum absolute atomic E-state index is 15.5. The molecule has 25 heteroatoms. The van der Waals surface area contributed by atoms with Crippen LogP contribution in [0.1, 0.15) is 60.1 Å². The standard InChI is InChI=1S/2C31H27FIN5O5.C4H8O/c1-17-27-26(28(36(3)29(17)41)35-25-12-11-21(33)13-24(25)32)30(42)37(15-19-7-9-20(16-39)10-8-19)31(43)38(27)23-6-4-5-22(14-23)34-18(2)40;1-17-27(35-23-6-4-5-22(14-23)34-18(2)40)26-28(36(3)29(17)41)38(25-12-11-21(33)13-24(25)32)31(43)37(30(26)42)15-19-7-9-20(16-39)10-8-19;1-2-4-5-3-1/h2*4-14,35,39H,15-16H2,1-3H3,(H,34,40);1-4H2. The van der Waals surface area contributed by atoms with Crippen molar-refractivity contribution in [2.24, 2.45) is 14.1 Å². The number of aliphatic hydroxyl groups is 2. The number of hydrogen-bond donors (Lipinski definition) is 6. The van der Waals surface area contributed by atoms with E-state index in [1.807, 2.05) is 45.2 Å². The number of amides is 2. The molecule has 0 saturated carbocycles. The van der Waals surface area contributed by atoms with Gasteiger partial charge in [0.1, 0.15) is 33.9 Å². The topological polar surface area (TPSA) is 264 Å². The van der Waals surface area contributed by atoms with Gasteiger partial charge in [0.15, 0.2) is 0 Å². The molecule has 0 unspecified atom stereocenters. The average Bonchev–Trinajstić information content (AvgIpc) is 0.799. The number of rotatable bonds is 14. The lowest BCUT2D eigenvalue weighted by molar-refractivity contribution is -0.115. The first kappa shape index (κ1) is 66.3. The summed E-state index contributed by atoms with van der Waals surface area (Å²) in [5.74, 6) is -1.88. The highest BCUT2D eigenvalue weighted by Gasteiger charge is 2.27. The number of benzene rings is 6. The number of anilines is 6. The van der Waals surface area contributed by atoms with Crippen LogP contribution in [0.4, 0.5) is 43.0 Å². The van der Waals surface area contributed by atoms with Gasteiger partial charge in [-0.05, 0) is 167 Å². The summed E-state index contributed by atoms with van der Waals surface area (Å²) >= 11 is 3.93. The van der Waals surface area contributed by atoms with Crippen molar-refractivity contribution in [3.8, 4) is 11.4 Å². The van der Waals surface area contributed by atoms with Crippen LogP contribution in [0.2, 0.25) is 0 Å². The van der Waals surface area contributed by atoms with Crippen molar-refractivity contribution < 1.29 is 33.3 Å². The van der Waals surface area contributed by atoms with E-state index in [4.69, 9.17) is 4.74 Å². The van der Waals surface area contributed by atoms with Crippen LogP contribution in [0.25, 0.3) is 33.3 Å². The first-order valence-corrected chi connectivity index (χ1v) is 30.6. The summed E-state index contributed by atoms with van der Waals surface area (Å²) in [5, 5.41) is 30.3. The maximum Gasteiger partial charge on any atom is 0.337 e. The molecular formula is C66H62F2I2N10O11. The minimum absolute atomic E-state index is 0.00550.